The zero-order valence-corrected chi connectivity index (χ0v) is 15.9. The molecule has 1 heterocycles. The van der Waals surface area contributed by atoms with Crippen molar-refractivity contribution >= 4 is 17.7 Å². The van der Waals surface area contributed by atoms with Gasteiger partial charge in [0.2, 0.25) is 5.91 Å². The van der Waals surface area contributed by atoms with E-state index in [1.165, 1.54) is 11.8 Å². The Morgan fingerprint density at radius 3 is 2.39 bits per heavy atom. The maximum Gasteiger partial charge on any atom is 0.220 e. The predicted molar refractivity (Wildman–Crippen MR) is 94.7 cm³/mol. The summed E-state index contributed by atoms with van der Waals surface area (Å²) < 4.78 is 0. The van der Waals surface area contributed by atoms with Crippen LogP contribution in [0.3, 0.4) is 0 Å². The Labute approximate surface area is 143 Å². The topological polar surface area (TPSA) is 75.1 Å². The average molecular weight is 340 g/mol. The zero-order valence-electron chi connectivity index (χ0n) is 15.1. The largest absolute Gasteiger partial charge is 0.388 e. The Morgan fingerprint density at radius 1 is 1.35 bits per heavy atom. The average Bonchev–Trinajstić information content (AvgIpc) is 2.50. The van der Waals surface area contributed by atoms with Crippen molar-refractivity contribution in [2.45, 2.75) is 64.6 Å². The van der Waals surface area contributed by atoms with Crippen LogP contribution in [0.15, 0.2) is 5.16 Å². The van der Waals surface area contributed by atoms with Gasteiger partial charge >= 0.3 is 0 Å². The number of rotatable bonds is 8. The molecule has 130 valence electrons. The van der Waals surface area contributed by atoms with Gasteiger partial charge in [-0.05, 0) is 44.9 Å². The molecule has 0 aliphatic carbocycles. The number of carbonyl (C=O) groups excluding carboxylic acids is 1. The fourth-order valence-corrected chi connectivity index (χ4v) is 2.84. The molecule has 0 unspecified atom stereocenters. The van der Waals surface area contributed by atoms with Gasteiger partial charge in [0.25, 0.3) is 0 Å². The van der Waals surface area contributed by atoms with Gasteiger partial charge in [-0.3, -0.25) is 4.79 Å². The molecular formula is C17H29N3O2S. The van der Waals surface area contributed by atoms with Gasteiger partial charge in [0, 0.05) is 24.4 Å². The molecule has 0 radical (unpaired) electrons. The van der Waals surface area contributed by atoms with Gasteiger partial charge in [-0.15, -0.1) is 0 Å². The Hall–Kier alpha value is -1.14. The molecule has 0 aliphatic rings. The van der Waals surface area contributed by atoms with Crippen molar-refractivity contribution in [3.8, 4) is 0 Å². The SMILES string of the molecule is CC[C@@H](C)[C@](C)(O)CNC(=O)CCc1c(C)nc(SC)nc1C. The molecule has 1 amide bonds. The summed E-state index contributed by atoms with van der Waals surface area (Å²) in [6.45, 7) is 9.98. The Balaban J connectivity index is 2.57. The van der Waals surface area contributed by atoms with Crippen molar-refractivity contribution < 1.29 is 9.90 Å². The second-order valence-corrected chi connectivity index (χ2v) is 7.08. The molecular weight excluding hydrogens is 310 g/mol. The lowest BCUT2D eigenvalue weighted by Crippen LogP contribution is -2.45. The van der Waals surface area contributed by atoms with Gasteiger partial charge in [0.05, 0.1) is 5.60 Å². The highest BCUT2D eigenvalue weighted by molar-refractivity contribution is 7.98. The molecule has 0 aromatic carbocycles. The first-order valence-electron chi connectivity index (χ1n) is 8.08. The number of hydrogen-bond donors (Lipinski definition) is 2. The Morgan fingerprint density at radius 2 is 1.91 bits per heavy atom. The number of hydrogen-bond acceptors (Lipinski definition) is 5. The van der Waals surface area contributed by atoms with Crippen LogP contribution >= 0.6 is 11.8 Å². The van der Waals surface area contributed by atoms with Crippen LogP contribution in [-0.4, -0.2) is 39.4 Å². The third-order valence-corrected chi connectivity index (χ3v) is 5.05. The lowest BCUT2D eigenvalue weighted by molar-refractivity contribution is -0.122. The van der Waals surface area contributed by atoms with E-state index in [0.717, 1.165) is 28.5 Å². The number of aryl methyl sites for hydroxylation is 2. The van der Waals surface area contributed by atoms with Crippen LogP contribution in [0.1, 0.15) is 50.6 Å². The van der Waals surface area contributed by atoms with Gasteiger partial charge < -0.3 is 10.4 Å². The van der Waals surface area contributed by atoms with Crippen LogP contribution < -0.4 is 5.32 Å². The summed E-state index contributed by atoms with van der Waals surface area (Å²) in [7, 11) is 0. The van der Waals surface area contributed by atoms with E-state index in [4.69, 9.17) is 0 Å². The summed E-state index contributed by atoms with van der Waals surface area (Å²) in [5.74, 6) is 0.0844. The molecule has 2 atom stereocenters. The highest BCUT2D eigenvalue weighted by Crippen LogP contribution is 2.19. The normalized spacial score (nSPS) is 15.1. The first-order valence-corrected chi connectivity index (χ1v) is 9.30. The van der Waals surface area contributed by atoms with Gasteiger partial charge in [-0.2, -0.15) is 0 Å². The second kappa shape index (κ2) is 8.64. The van der Waals surface area contributed by atoms with E-state index >= 15 is 0 Å². The summed E-state index contributed by atoms with van der Waals surface area (Å²) in [4.78, 5) is 20.9. The number of nitrogens with one attached hydrogen (secondary N) is 1. The van der Waals surface area contributed by atoms with E-state index in [2.05, 4.69) is 15.3 Å². The lowest BCUT2D eigenvalue weighted by Gasteiger charge is -2.29. The third-order valence-electron chi connectivity index (χ3n) is 4.50. The van der Waals surface area contributed by atoms with Crippen LogP contribution in [0.2, 0.25) is 0 Å². The quantitative estimate of drug-likeness (QED) is 0.562. The van der Waals surface area contributed by atoms with Crippen LogP contribution in [0, 0.1) is 19.8 Å². The molecule has 6 heteroatoms. The van der Waals surface area contributed by atoms with Crippen molar-refractivity contribution in [1.82, 2.24) is 15.3 Å². The second-order valence-electron chi connectivity index (χ2n) is 6.30. The van der Waals surface area contributed by atoms with E-state index in [-0.39, 0.29) is 18.4 Å². The van der Waals surface area contributed by atoms with Crippen molar-refractivity contribution in [2.24, 2.45) is 5.92 Å². The fourth-order valence-electron chi connectivity index (χ4n) is 2.38. The van der Waals surface area contributed by atoms with E-state index in [9.17, 15) is 9.90 Å². The standard InChI is InChI=1S/C17H29N3O2S/c1-7-11(2)17(5,22)10-18-15(21)9-8-14-12(3)19-16(23-6)20-13(14)4/h11,22H,7-10H2,1-6H3,(H,18,21)/t11-,17-/m1/s1. The predicted octanol–water partition coefficient (Wildman–Crippen LogP) is 2.66. The molecule has 2 N–H and O–H groups in total. The number of thioether (sulfide) groups is 1. The van der Waals surface area contributed by atoms with E-state index in [1.807, 2.05) is 34.0 Å². The number of carbonyl (C=O) groups is 1. The number of amides is 1. The first kappa shape index (κ1) is 19.9. The number of aliphatic hydroxyl groups is 1. The van der Waals surface area contributed by atoms with Crippen molar-refractivity contribution in [2.75, 3.05) is 12.8 Å². The number of aromatic nitrogens is 2. The Kier molecular flexibility index (Phi) is 7.48. The highest BCUT2D eigenvalue weighted by Gasteiger charge is 2.27. The summed E-state index contributed by atoms with van der Waals surface area (Å²) in [6.07, 6.45) is 3.81. The fraction of sp³-hybridized carbons (Fsp3) is 0.706. The molecule has 0 bridgehead atoms. The molecule has 5 nitrogen and oxygen atoms in total. The molecule has 0 fully saturated rings. The molecule has 1 rings (SSSR count). The van der Waals surface area contributed by atoms with Crippen molar-refractivity contribution in [3.63, 3.8) is 0 Å². The van der Waals surface area contributed by atoms with Crippen LogP contribution in [0.4, 0.5) is 0 Å². The Bertz CT molecular complexity index is 524. The maximum atomic E-state index is 12.1. The molecule has 1 aromatic rings. The molecule has 0 saturated heterocycles. The molecule has 23 heavy (non-hydrogen) atoms. The van der Waals surface area contributed by atoms with Crippen molar-refractivity contribution in [3.05, 3.63) is 17.0 Å². The number of nitrogens with zero attached hydrogens (tertiary/aromatic N) is 2. The van der Waals surface area contributed by atoms with Gasteiger partial charge in [-0.25, -0.2) is 9.97 Å². The highest BCUT2D eigenvalue weighted by atomic mass is 32.2. The minimum Gasteiger partial charge on any atom is -0.388 e. The summed E-state index contributed by atoms with van der Waals surface area (Å²) in [6, 6.07) is 0. The monoisotopic (exact) mass is 339 g/mol. The van der Waals surface area contributed by atoms with Gasteiger partial charge in [-0.1, -0.05) is 32.0 Å². The minimum atomic E-state index is -0.876. The molecule has 1 aromatic heterocycles. The summed E-state index contributed by atoms with van der Waals surface area (Å²) in [5, 5.41) is 13.9. The minimum absolute atomic E-state index is 0.0543. The van der Waals surface area contributed by atoms with E-state index in [0.29, 0.717) is 12.8 Å². The summed E-state index contributed by atoms with van der Waals surface area (Å²) >= 11 is 1.52. The van der Waals surface area contributed by atoms with Crippen LogP contribution in [0.25, 0.3) is 0 Å². The van der Waals surface area contributed by atoms with Crippen LogP contribution in [-0.2, 0) is 11.2 Å². The smallest absolute Gasteiger partial charge is 0.220 e. The van der Waals surface area contributed by atoms with Crippen molar-refractivity contribution in [1.29, 1.82) is 0 Å². The van der Waals surface area contributed by atoms with Gasteiger partial charge in [0.15, 0.2) is 5.16 Å². The van der Waals surface area contributed by atoms with Gasteiger partial charge in [0.1, 0.15) is 0 Å². The maximum absolute atomic E-state index is 12.1. The van der Waals surface area contributed by atoms with E-state index in [1.54, 1.807) is 6.92 Å². The molecule has 0 saturated carbocycles. The summed E-state index contributed by atoms with van der Waals surface area (Å²) in [5.41, 5.74) is 2.02. The zero-order chi connectivity index (χ0) is 17.6. The first-order chi connectivity index (χ1) is 10.7. The lowest BCUT2D eigenvalue weighted by atomic mass is 9.88. The van der Waals surface area contributed by atoms with Crippen LogP contribution in [0.5, 0.6) is 0 Å². The van der Waals surface area contributed by atoms with E-state index < -0.39 is 5.60 Å². The molecule has 0 aliphatic heterocycles. The molecule has 0 spiro atoms. The third kappa shape index (κ3) is 5.77.